The van der Waals surface area contributed by atoms with Crippen LogP contribution in [0, 0.1) is 6.92 Å². The summed E-state index contributed by atoms with van der Waals surface area (Å²) in [4.78, 5) is 21.5. The molecule has 0 saturated carbocycles. The van der Waals surface area contributed by atoms with Gasteiger partial charge in [0.05, 0.1) is 12.3 Å². The van der Waals surface area contributed by atoms with Gasteiger partial charge in [-0.25, -0.2) is 0 Å². The van der Waals surface area contributed by atoms with Crippen LogP contribution in [0.2, 0.25) is 0 Å². The molecule has 0 bridgehead atoms. The van der Waals surface area contributed by atoms with Gasteiger partial charge in [0.2, 0.25) is 0 Å². The predicted octanol–water partition coefficient (Wildman–Crippen LogP) is 3.24. The number of amides is 1. The van der Waals surface area contributed by atoms with Crippen LogP contribution in [0.25, 0.3) is 11.3 Å². The molecule has 0 N–H and O–H groups in total. The van der Waals surface area contributed by atoms with Crippen LogP contribution in [0.15, 0.2) is 42.6 Å². The Kier molecular flexibility index (Phi) is 6.96. The quantitative estimate of drug-likeness (QED) is 0.705. The fourth-order valence-electron chi connectivity index (χ4n) is 3.36. The number of benzene rings is 1. The third kappa shape index (κ3) is 5.15. The maximum absolute atomic E-state index is 12.8. The van der Waals surface area contributed by atoms with Crippen molar-refractivity contribution in [1.82, 2.24) is 14.8 Å². The summed E-state index contributed by atoms with van der Waals surface area (Å²) in [5.41, 5.74) is 3.89. The van der Waals surface area contributed by atoms with Crippen LogP contribution in [0.4, 0.5) is 0 Å². The smallest absolute Gasteiger partial charge is 0.253 e. The molecular weight excluding hydrogens is 338 g/mol. The molecule has 1 aromatic heterocycles. The van der Waals surface area contributed by atoms with Crippen molar-refractivity contribution >= 4 is 5.91 Å². The molecule has 3 rings (SSSR count). The number of piperazine rings is 1. The van der Waals surface area contributed by atoms with Crippen molar-refractivity contribution < 1.29 is 9.53 Å². The van der Waals surface area contributed by atoms with Crippen LogP contribution in [0.1, 0.15) is 29.3 Å². The molecule has 27 heavy (non-hydrogen) atoms. The van der Waals surface area contributed by atoms with Gasteiger partial charge in [0.25, 0.3) is 5.91 Å². The maximum atomic E-state index is 12.8. The van der Waals surface area contributed by atoms with Gasteiger partial charge in [-0.3, -0.25) is 14.7 Å². The minimum absolute atomic E-state index is 0.112. The van der Waals surface area contributed by atoms with Gasteiger partial charge in [-0.15, -0.1) is 0 Å². The normalized spacial score (nSPS) is 15.1. The second kappa shape index (κ2) is 9.62. The van der Waals surface area contributed by atoms with Gasteiger partial charge in [0.15, 0.2) is 0 Å². The van der Waals surface area contributed by atoms with E-state index in [1.165, 1.54) is 0 Å². The summed E-state index contributed by atoms with van der Waals surface area (Å²) in [7, 11) is 0. The average molecular weight is 367 g/mol. The summed E-state index contributed by atoms with van der Waals surface area (Å²) in [6.07, 6.45) is 2.86. The van der Waals surface area contributed by atoms with E-state index in [1.807, 2.05) is 48.2 Å². The van der Waals surface area contributed by atoms with Crippen molar-refractivity contribution in [3.63, 3.8) is 0 Å². The van der Waals surface area contributed by atoms with Crippen molar-refractivity contribution in [1.29, 1.82) is 0 Å². The molecule has 2 aromatic rings. The largest absolute Gasteiger partial charge is 0.380 e. The zero-order chi connectivity index (χ0) is 19.1. The first-order valence-corrected chi connectivity index (χ1v) is 9.80. The van der Waals surface area contributed by atoms with Crippen LogP contribution in [-0.2, 0) is 4.74 Å². The van der Waals surface area contributed by atoms with Gasteiger partial charge in [-0.2, -0.15) is 0 Å². The van der Waals surface area contributed by atoms with Crippen LogP contribution in [0.5, 0.6) is 0 Å². The van der Waals surface area contributed by atoms with Crippen molar-refractivity contribution in [3.8, 4) is 11.3 Å². The summed E-state index contributed by atoms with van der Waals surface area (Å²) in [6.45, 7) is 10.1. The number of hydrogen-bond donors (Lipinski definition) is 0. The lowest BCUT2D eigenvalue weighted by atomic mass is 10.0. The lowest BCUT2D eigenvalue weighted by molar-refractivity contribution is 0.0552. The first-order valence-electron chi connectivity index (χ1n) is 9.80. The number of aromatic nitrogens is 1. The number of carbonyl (C=O) groups is 1. The van der Waals surface area contributed by atoms with Crippen LogP contribution >= 0.6 is 0 Å². The third-order valence-electron chi connectivity index (χ3n) is 4.97. The van der Waals surface area contributed by atoms with Gasteiger partial charge in [-0.1, -0.05) is 25.1 Å². The molecule has 1 amide bonds. The van der Waals surface area contributed by atoms with Crippen molar-refractivity contribution in [2.75, 3.05) is 45.9 Å². The van der Waals surface area contributed by atoms with Gasteiger partial charge >= 0.3 is 0 Å². The molecular formula is C22H29N3O2. The first-order chi connectivity index (χ1) is 13.2. The molecule has 0 spiro atoms. The highest BCUT2D eigenvalue weighted by atomic mass is 16.5. The average Bonchev–Trinajstić information content (AvgIpc) is 2.72. The Morgan fingerprint density at radius 2 is 1.81 bits per heavy atom. The fourth-order valence-corrected chi connectivity index (χ4v) is 3.36. The Labute approximate surface area is 162 Å². The summed E-state index contributed by atoms with van der Waals surface area (Å²) >= 11 is 0. The molecule has 0 aliphatic carbocycles. The molecule has 0 radical (unpaired) electrons. The van der Waals surface area contributed by atoms with E-state index in [-0.39, 0.29) is 5.91 Å². The molecule has 0 atom stereocenters. The highest BCUT2D eigenvalue weighted by Gasteiger charge is 2.22. The Morgan fingerprint density at radius 1 is 1.07 bits per heavy atom. The number of aryl methyl sites for hydroxylation is 1. The van der Waals surface area contributed by atoms with E-state index in [0.29, 0.717) is 0 Å². The van der Waals surface area contributed by atoms with Crippen LogP contribution in [-0.4, -0.2) is 66.6 Å². The topological polar surface area (TPSA) is 45.7 Å². The number of ether oxygens (including phenoxy) is 1. The number of hydrogen-bond acceptors (Lipinski definition) is 4. The van der Waals surface area contributed by atoms with E-state index in [0.717, 1.165) is 74.7 Å². The molecule has 5 nitrogen and oxygen atoms in total. The zero-order valence-corrected chi connectivity index (χ0v) is 16.4. The van der Waals surface area contributed by atoms with Crippen LogP contribution < -0.4 is 0 Å². The summed E-state index contributed by atoms with van der Waals surface area (Å²) in [5.74, 6) is 0.112. The molecule has 1 saturated heterocycles. The monoisotopic (exact) mass is 367 g/mol. The number of pyridine rings is 1. The minimum atomic E-state index is 0.112. The van der Waals surface area contributed by atoms with E-state index in [2.05, 4.69) is 16.8 Å². The summed E-state index contributed by atoms with van der Waals surface area (Å²) < 4.78 is 5.56. The van der Waals surface area contributed by atoms with E-state index >= 15 is 0 Å². The van der Waals surface area contributed by atoms with Crippen molar-refractivity contribution in [3.05, 3.63) is 53.7 Å². The SMILES string of the molecule is CCCOCCN1CCN(C(=O)c2ccc(-c3ncccc3C)cc2)CC1. The standard InChI is InChI=1S/C22H29N3O2/c1-3-16-27-17-15-24-11-13-25(14-12-24)22(26)20-8-6-19(7-9-20)21-18(2)5-4-10-23-21/h4-10H,3,11-17H2,1-2H3. The number of nitrogens with zero attached hydrogens (tertiary/aromatic N) is 3. The minimum Gasteiger partial charge on any atom is -0.380 e. The lowest BCUT2D eigenvalue weighted by Gasteiger charge is -2.34. The molecule has 1 aromatic carbocycles. The van der Waals surface area contributed by atoms with Crippen molar-refractivity contribution in [2.45, 2.75) is 20.3 Å². The Hall–Kier alpha value is -2.24. The highest BCUT2D eigenvalue weighted by Crippen LogP contribution is 2.21. The Balaban J connectivity index is 1.54. The second-order valence-electron chi connectivity index (χ2n) is 6.99. The second-order valence-corrected chi connectivity index (χ2v) is 6.99. The van der Waals surface area contributed by atoms with E-state index in [9.17, 15) is 4.79 Å². The highest BCUT2D eigenvalue weighted by molar-refractivity contribution is 5.94. The molecule has 0 unspecified atom stereocenters. The van der Waals surface area contributed by atoms with Gasteiger partial charge in [-0.05, 0) is 37.1 Å². The molecule has 1 aliphatic heterocycles. The van der Waals surface area contributed by atoms with Gasteiger partial charge in [0, 0.05) is 56.7 Å². The molecule has 1 aliphatic rings. The van der Waals surface area contributed by atoms with Gasteiger partial charge < -0.3 is 9.64 Å². The van der Waals surface area contributed by atoms with E-state index in [1.54, 1.807) is 6.20 Å². The third-order valence-corrected chi connectivity index (χ3v) is 4.97. The fraction of sp³-hybridized carbons (Fsp3) is 0.455. The summed E-state index contributed by atoms with van der Waals surface area (Å²) in [6, 6.07) is 11.8. The molecule has 2 heterocycles. The van der Waals surface area contributed by atoms with Crippen LogP contribution in [0.3, 0.4) is 0 Å². The first kappa shape index (κ1) is 19.5. The Morgan fingerprint density at radius 3 is 2.48 bits per heavy atom. The molecule has 144 valence electrons. The zero-order valence-electron chi connectivity index (χ0n) is 16.4. The molecule has 1 fully saturated rings. The molecule has 5 heteroatoms. The number of rotatable bonds is 7. The predicted molar refractivity (Wildman–Crippen MR) is 108 cm³/mol. The van der Waals surface area contributed by atoms with E-state index in [4.69, 9.17) is 4.74 Å². The summed E-state index contributed by atoms with van der Waals surface area (Å²) in [5, 5.41) is 0. The maximum Gasteiger partial charge on any atom is 0.253 e. The Bertz CT molecular complexity index is 737. The number of carbonyl (C=O) groups excluding carboxylic acids is 1. The van der Waals surface area contributed by atoms with Crippen molar-refractivity contribution in [2.24, 2.45) is 0 Å². The van der Waals surface area contributed by atoms with E-state index < -0.39 is 0 Å². The van der Waals surface area contributed by atoms with Gasteiger partial charge in [0.1, 0.15) is 0 Å². The lowest BCUT2D eigenvalue weighted by Crippen LogP contribution is -2.49.